The van der Waals surface area contributed by atoms with E-state index in [0.29, 0.717) is 0 Å². The molecular weight excluding hydrogens is 259 g/mol. The molecule has 1 aliphatic heterocycles. The molecule has 19 heavy (non-hydrogen) atoms. The summed E-state index contributed by atoms with van der Waals surface area (Å²) >= 11 is 1.58. The van der Waals surface area contributed by atoms with Gasteiger partial charge in [0.15, 0.2) is 0 Å². The fourth-order valence-electron chi connectivity index (χ4n) is 2.04. The van der Waals surface area contributed by atoms with Gasteiger partial charge in [-0.2, -0.15) is 0 Å². The van der Waals surface area contributed by atoms with E-state index in [9.17, 15) is 4.39 Å². The number of nitrogens with two attached hydrogens (primary N) is 1. The standard InChI is InChI=1S/C15H13FN2S/c16-12-8-6-10(7-9-12)13-14(17)19-15(18-13)11-4-2-1-3-5-11/h1-9,15,18H,17H2. The van der Waals surface area contributed by atoms with Crippen molar-refractivity contribution in [2.45, 2.75) is 5.37 Å². The van der Waals surface area contributed by atoms with Gasteiger partial charge in [-0.3, -0.25) is 0 Å². The molecule has 3 rings (SSSR count). The molecule has 0 saturated heterocycles. The van der Waals surface area contributed by atoms with Gasteiger partial charge in [-0.1, -0.05) is 42.1 Å². The van der Waals surface area contributed by atoms with E-state index in [0.717, 1.165) is 16.3 Å². The Morgan fingerprint density at radius 3 is 2.37 bits per heavy atom. The predicted octanol–water partition coefficient (Wildman–Crippen LogP) is 3.45. The van der Waals surface area contributed by atoms with Gasteiger partial charge in [0.2, 0.25) is 0 Å². The molecule has 0 spiro atoms. The van der Waals surface area contributed by atoms with Gasteiger partial charge in [0.25, 0.3) is 0 Å². The quantitative estimate of drug-likeness (QED) is 0.879. The van der Waals surface area contributed by atoms with Crippen molar-refractivity contribution in [1.29, 1.82) is 0 Å². The predicted molar refractivity (Wildman–Crippen MR) is 77.4 cm³/mol. The molecule has 0 aromatic heterocycles. The van der Waals surface area contributed by atoms with Gasteiger partial charge < -0.3 is 11.1 Å². The third-order valence-corrected chi connectivity index (χ3v) is 4.09. The maximum absolute atomic E-state index is 12.9. The molecule has 0 saturated carbocycles. The third-order valence-electron chi connectivity index (χ3n) is 3.00. The summed E-state index contributed by atoms with van der Waals surface area (Å²) in [6, 6.07) is 16.5. The molecule has 3 N–H and O–H groups in total. The Morgan fingerprint density at radius 1 is 1.00 bits per heavy atom. The molecule has 1 heterocycles. The van der Waals surface area contributed by atoms with E-state index in [1.54, 1.807) is 23.9 Å². The van der Waals surface area contributed by atoms with Crippen molar-refractivity contribution < 1.29 is 4.39 Å². The number of rotatable bonds is 2. The van der Waals surface area contributed by atoms with Gasteiger partial charge in [0.05, 0.1) is 10.7 Å². The highest BCUT2D eigenvalue weighted by Gasteiger charge is 2.24. The highest BCUT2D eigenvalue weighted by Crippen LogP contribution is 2.40. The SMILES string of the molecule is NC1=C(c2ccc(F)cc2)NC(c2ccccc2)S1. The molecule has 1 atom stereocenters. The Morgan fingerprint density at radius 2 is 1.68 bits per heavy atom. The summed E-state index contributed by atoms with van der Waals surface area (Å²) in [5.74, 6) is -0.242. The zero-order valence-corrected chi connectivity index (χ0v) is 11.0. The second kappa shape index (κ2) is 4.97. The first kappa shape index (κ1) is 12.1. The van der Waals surface area contributed by atoms with Crippen LogP contribution in [0.1, 0.15) is 16.5 Å². The molecule has 2 nitrogen and oxygen atoms in total. The molecule has 1 unspecified atom stereocenters. The fraction of sp³-hybridized carbons (Fsp3) is 0.0667. The number of hydrogen-bond donors (Lipinski definition) is 2. The van der Waals surface area contributed by atoms with Crippen molar-refractivity contribution in [3.05, 3.63) is 76.6 Å². The summed E-state index contributed by atoms with van der Waals surface area (Å²) < 4.78 is 12.9. The zero-order chi connectivity index (χ0) is 13.2. The largest absolute Gasteiger partial charge is 0.392 e. The number of nitrogens with one attached hydrogen (secondary N) is 1. The smallest absolute Gasteiger partial charge is 0.123 e. The first-order chi connectivity index (χ1) is 9.24. The van der Waals surface area contributed by atoms with Crippen molar-refractivity contribution in [2.24, 2.45) is 5.73 Å². The van der Waals surface area contributed by atoms with Gasteiger partial charge in [0, 0.05) is 5.56 Å². The molecule has 0 bridgehead atoms. The molecule has 1 aliphatic rings. The molecule has 0 radical (unpaired) electrons. The van der Waals surface area contributed by atoms with Crippen molar-refractivity contribution >= 4 is 17.5 Å². The average molecular weight is 272 g/mol. The normalized spacial score (nSPS) is 18.5. The molecule has 2 aromatic carbocycles. The molecule has 2 aromatic rings. The van der Waals surface area contributed by atoms with E-state index < -0.39 is 0 Å². The van der Waals surface area contributed by atoms with E-state index in [4.69, 9.17) is 5.73 Å². The minimum atomic E-state index is -0.242. The zero-order valence-electron chi connectivity index (χ0n) is 10.1. The van der Waals surface area contributed by atoms with Crippen LogP contribution in [0, 0.1) is 5.82 Å². The minimum absolute atomic E-state index is 0.112. The maximum atomic E-state index is 12.9. The molecule has 0 amide bonds. The van der Waals surface area contributed by atoms with Crippen molar-refractivity contribution in [3.8, 4) is 0 Å². The molecular formula is C15H13FN2S. The van der Waals surface area contributed by atoms with Gasteiger partial charge >= 0.3 is 0 Å². The summed E-state index contributed by atoms with van der Waals surface area (Å²) in [7, 11) is 0. The first-order valence-corrected chi connectivity index (χ1v) is 6.86. The van der Waals surface area contributed by atoms with Crippen LogP contribution in [0.3, 0.4) is 0 Å². The average Bonchev–Trinajstić information content (AvgIpc) is 2.83. The van der Waals surface area contributed by atoms with Crippen LogP contribution in [0.25, 0.3) is 5.70 Å². The Labute approximate surface area is 115 Å². The highest BCUT2D eigenvalue weighted by atomic mass is 32.2. The number of halogens is 1. The lowest BCUT2D eigenvalue weighted by atomic mass is 10.1. The van der Waals surface area contributed by atoms with Gasteiger partial charge in [-0.05, 0) is 29.8 Å². The van der Waals surface area contributed by atoms with Crippen LogP contribution >= 0.6 is 11.8 Å². The Hall–Kier alpha value is -1.94. The highest BCUT2D eigenvalue weighted by molar-refractivity contribution is 8.03. The van der Waals surface area contributed by atoms with Crippen LogP contribution in [0.5, 0.6) is 0 Å². The fourth-order valence-corrected chi connectivity index (χ4v) is 3.06. The topological polar surface area (TPSA) is 38.0 Å². The van der Waals surface area contributed by atoms with E-state index >= 15 is 0 Å². The Kier molecular flexibility index (Phi) is 3.17. The molecule has 96 valence electrons. The summed E-state index contributed by atoms with van der Waals surface area (Å²) in [5, 5.41) is 4.24. The van der Waals surface area contributed by atoms with Gasteiger partial charge in [0.1, 0.15) is 11.2 Å². The lowest BCUT2D eigenvalue weighted by molar-refractivity contribution is 0.627. The first-order valence-electron chi connectivity index (χ1n) is 5.98. The number of benzene rings is 2. The van der Waals surface area contributed by atoms with E-state index in [2.05, 4.69) is 17.4 Å². The summed E-state index contributed by atoms with van der Waals surface area (Å²) in [6.45, 7) is 0. The van der Waals surface area contributed by atoms with E-state index in [1.807, 2.05) is 18.2 Å². The number of hydrogen-bond acceptors (Lipinski definition) is 3. The van der Waals surface area contributed by atoms with Crippen molar-refractivity contribution in [2.75, 3.05) is 0 Å². The lowest BCUT2D eigenvalue weighted by Gasteiger charge is -2.12. The Balaban J connectivity index is 1.85. The van der Waals surface area contributed by atoms with Crippen LogP contribution in [0.2, 0.25) is 0 Å². The van der Waals surface area contributed by atoms with Crippen molar-refractivity contribution in [1.82, 2.24) is 5.32 Å². The van der Waals surface area contributed by atoms with Crippen LogP contribution in [0.4, 0.5) is 4.39 Å². The second-order valence-corrected chi connectivity index (χ2v) is 5.45. The maximum Gasteiger partial charge on any atom is 0.123 e. The van der Waals surface area contributed by atoms with Gasteiger partial charge in [-0.25, -0.2) is 4.39 Å². The summed E-state index contributed by atoms with van der Waals surface area (Å²) in [4.78, 5) is 0. The molecule has 0 aliphatic carbocycles. The van der Waals surface area contributed by atoms with Crippen LogP contribution in [0.15, 0.2) is 59.6 Å². The monoisotopic (exact) mass is 272 g/mol. The summed E-state index contributed by atoms with van der Waals surface area (Å²) in [5.41, 5.74) is 9.02. The lowest BCUT2D eigenvalue weighted by Crippen LogP contribution is -2.12. The minimum Gasteiger partial charge on any atom is -0.392 e. The summed E-state index contributed by atoms with van der Waals surface area (Å²) in [6.07, 6.45) is 0. The molecule has 4 heteroatoms. The van der Waals surface area contributed by atoms with Crippen LogP contribution < -0.4 is 11.1 Å². The van der Waals surface area contributed by atoms with Gasteiger partial charge in [-0.15, -0.1) is 0 Å². The van der Waals surface area contributed by atoms with Crippen LogP contribution in [-0.4, -0.2) is 0 Å². The van der Waals surface area contributed by atoms with E-state index in [-0.39, 0.29) is 11.2 Å². The van der Waals surface area contributed by atoms with Crippen LogP contribution in [-0.2, 0) is 0 Å². The second-order valence-electron chi connectivity index (χ2n) is 4.30. The third kappa shape index (κ3) is 2.44. The van der Waals surface area contributed by atoms with Crippen molar-refractivity contribution in [3.63, 3.8) is 0 Å². The number of thioether (sulfide) groups is 1. The Bertz CT molecular complexity index is 608. The molecule has 0 fully saturated rings. The van der Waals surface area contributed by atoms with E-state index in [1.165, 1.54) is 17.7 Å².